The van der Waals surface area contributed by atoms with E-state index in [1.165, 1.54) is 0 Å². The molecular weight excluding hydrogens is 389 g/mol. The van der Waals surface area contributed by atoms with Crippen LogP contribution in [-0.4, -0.2) is 20.3 Å². The number of aliphatic hydroxyl groups is 1. The first-order valence-electron chi connectivity index (χ1n) is 6.12. The summed E-state index contributed by atoms with van der Waals surface area (Å²) in [5.41, 5.74) is -3.98. The van der Waals surface area contributed by atoms with Crippen LogP contribution in [0.1, 0.15) is 19.8 Å². The van der Waals surface area contributed by atoms with Gasteiger partial charge in [-0.3, -0.25) is 0 Å². The molecule has 1 aliphatic rings. The van der Waals surface area contributed by atoms with E-state index in [0.29, 0.717) is 0 Å². The highest BCUT2D eigenvalue weighted by Crippen LogP contribution is 2.49. The summed E-state index contributed by atoms with van der Waals surface area (Å²) in [6, 6.07) is 0. The standard InChI is InChI=1S/C12H8Cl3F5N2O/c1-2-4-3-11(23,12(13,14)15)22(21-4)10-8(19)6(17)5(16)7(18)9(10)20/h23H,2-3H2,1H3. The van der Waals surface area contributed by atoms with Crippen molar-refractivity contribution in [2.45, 2.75) is 29.3 Å². The Morgan fingerprint density at radius 1 is 1.04 bits per heavy atom. The van der Waals surface area contributed by atoms with E-state index in [4.69, 9.17) is 34.8 Å². The summed E-state index contributed by atoms with van der Waals surface area (Å²) in [6.45, 7) is 1.58. The van der Waals surface area contributed by atoms with Crippen molar-refractivity contribution in [3.63, 3.8) is 0 Å². The maximum atomic E-state index is 13.9. The number of benzene rings is 1. The van der Waals surface area contributed by atoms with Gasteiger partial charge in [-0.05, 0) is 6.42 Å². The Hall–Kier alpha value is -0.830. The normalized spacial score (nSPS) is 21.8. The Morgan fingerprint density at radius 2 is 1.48 bits per heavy atom. The topological polar surface area (TPSA) is 35.8 Å². The molecule has 2 rings (SSSR count). The first kappa shape index (κ1) is 18.5. The SMILES string of the molecule is CCC1=NN(c2c(F)c(F)c(F)c(F)c2F)C(O)(C(Cl)(Cl)Cl)C1. The van der Waals surface area contributed by atoms with Crippen molar-refractivity contribution in [3.05, 3.63) is 29.1 Å². The minimum atomic E-state index is -2.62. The lowest BCUT2D eigenvalue weighted by molar-refractivity contribution is 0.0546. The Kier molecular flexibility index (Phi) is 4.76. The highest BCUT2D eigenvalue weighted by Gasteiger charge is 2.57. The van der Waals surface area contributed by atoms with Gasteiger partial charge in [0.05, 0.1) is 0 Å². The molecule has 1 heterocycles. The number of hydrazone groups is 1. The fourth-order valence-corrected chi connectivity index (χ4v) is 2.49. The van der Waals surface area contributed by atoms with Crippen molar-refractivity contribution >= 4 is 46.2 Å². The number of hydrogen-bond donors (Lipinski definition) is 1. The monoisotopic (exact) mass is 396 g/mol. The number of nitrogens with zero attached hydrogens (tertiary/aromatic N) is 2. The maximum absolute atomic E-state index is 13.9. The predicted octanol–water partition coefficient (Wildman–Crippen LogP) is 4.42. The maximum Gasteiger partial charge on any atom is 0.239 e. The third-order valence-corrected chi connectivity index (χ3v) is 4.21. The molecule has 1 atom stereocenters. The van der Waals surface area contributed by atoms with Gasteiger partial charge in [-0.15, -0.1) is 0 Å². The molecule has 1 N–H and O–H groups in total. The van der Waals surface area contributed by atoms with Crippen LogP contribution >= 0.6 is 34.8 Å². The lowest BCUT2D eigenvalue weighted by atomic mass is 10.1. The van der Waals surface area contributed by atoms with Gasteiger partial charge >= 0.3 is 0 Å². The molecule has 0 radical (unpaired) electrons. The van der Waals surface area contributed by atoms with Crippen molar-refractivity contribution < 1.29 is 27.1 Å². The minimum absolute atomic E-state index is 0.120. The van der Waals surface area contributed by atoms with Crippen LogP contribution in [-0.2, 0) is 0 Å². The first-order valence-corrected chi connectivity index (χ1v) is 7.26. The summed E-state index contributed by atoms with van der Waals surface area (Å²) in [4.78, 5) is 0. The molecule has 128 valence electrons. The van der Waals surface area contributed by atoms with E-state index in [0.717, 1.165) is 0 Å². The Morgan fingerprint density at radius 3 is 1.87 bits per heavy atom. The zero-order valence-electron chi connectivity index (χ0n) is 11.3. The Balaban J connectivity index is 2.75. The van der Waals surface area contributed by atoms with Crippen molar-refractivity contribution in [2.24, 2.45) is 5.10 Å². The van der Waals surface area contributed by atoms with Crippen LogP contribution in [0.2, 0.25) is 0 Å². The fourth-order valence-electron chi connectivity index (χ4n) is 2.05. The lowest BCUT2D eigenvalue weighted by Gasteiger charge is -2.37. The molecule has 23 heavy (non-hydrogen) atoms. The Bertz CT molecular complexity index is 665. The molecule has 1 aromatic rings. The van der Waals surface area contributed by atoms with Gasteiger partial charge < -0.3 is 5.11 Å². The lowest BCUT2D eigenvalue weighted by Crippen LogP contribution is -2.54. The van der Waals surface area contributed by atoms with Gasteiger partial charge in [-0.25, -0.2) is 27.0 Å². The molecule has 0 saturated carbocycles. The molecule has 1 aliphatic heterocycles. The number of rotatable bonds is 2. The van der Waals surface area contributed by atoms with Crippen molar-refractivity contribution in [2.75, 3.05) is 5.01 Å². The molecule has 1 unspecified atom stereocenters. The summed E-state index contributed by atoms with van der Waals surface area (Å²) >= 11 is 16.9. The average molecular weight is 398 g/mol. The number of halogens is 8. The van der Waals surface area contributed by atoms with Gasteiger partial charge in [-0.1, -0.05) is 41.7 Å². The van der Waals surface area contributed by atoms with E-state index in [-0.39, 0.29) is 17.1 Å². The van der Waals surface area contributed by atoms with Crippen molar-refractivity contribution in [1.82, 2.24) is 0 Å². The molecule has 0 aromatic heterocycles. The molecule has 11 heteroatoms. The van der Waals surface area contributed by atoms with E-state index < -0.39 is 50.7 Å². The third-order valence-electron chi connectivity index (χ3n) is 3.30. The highest BCUT2D eigenvalue weighted by atomic mass is 35.6. The van der Waals surface area contributed by atoms with E-state index in [1.54, 1.807) is 6.92 Å². The van der Waals surface area contributed by atoms with Crippen LogP contribution < -0.4 is 5.01 Å². The van der Waals surface area contributed by atoms with Crippen LogP contribution in [0.25, 0.3) is 0 Å². The molecule has 1 aromatic carbocycles. The molecule has 3 nitrogen and oxygen atoms in total. The number of hydrogen-bond acceptors (Lipinski definition) is 3. The summed E-state index contributed by atoms with van der Waals surface area (Å²) in [5.74, 6) is -11.2. The van der Waals surface area contributed by atoms with E-state index in [2.05, 4.69) is 5.10 Å². The molecule has 0 aliphatic carbocycles. The van der Waals surface area contributed by atoms with Crippen LogP contribution in [0.15, 0.2) is 5.10 Å². The molecule has 0 bridgehead atoms. The van der Waals surface area contributed by atoms with E-state index in [1.807, 2.05) is 0 Å². The van der Waals surface area contributed by atoms with Gasteiger partial charge in [0.1, 0.15) is 5.69 Å². The zero-order valence-corrected chi connectivity index (χ0v) is 13.5. The van der Waals surface area contributed by atoms with E-state index in [9.17, 15) is 27.1 Å². The first-order chi connectivity index (χ1) is 10.5. The van der Waals surface area contributed by atoms with Crippen molar-refractivity contribution in [3.8, 4) is 0 Å². The summed E-state index contributed by atoms with van der Waals surface area (Å²) < 4.78 is 65.2. The molecule has 0 saturated heterocycles. The van der Waals surface area contributed by atoms with Gasteiger partial charge in [0.15, 0.2) is 23.3 Å². The van der Waals surface area contributed by atoms with Gasteiger partial charge in [-0.2, -0.15) is 5.10 Å². The second-order valence-electron chi connectivity index (χ2n) is 4.74. The summed E-state index contributed by atoms with van der Waals surface area (Å²) in [5, 5.41) is 14.2. The van der Waals surface area contributed by atoms with Crippen LogP contribution in [0.3, 0.4) is 0 Å². The molecule has 0 amide bonds. The van der Waals surface area contributed by atoms with E-state index >= 15 is 0 Å². The Labute approximate surface area is 142 Å². The quantitative estimate of drug-likeness (QED) is 0.347. The summed E-state index contributed by atoms with van der Waals surface area (Å²) in [7, 11) is 0. The molecule has 0 fully saturated rings. The zero-order chi connectivity index (χ0) is 17.7. The minimum Gasteiger partial charge on any atom is -0.365 e. The molecular formula is C12H8Cl3F5N2O. The average Bonchev–Trinajstić information content (AvgIpc) is 2.81. The third kappa shape index (κ3) is 2.75. The van der Waals surface area contributed by atoms with Crippen molar-refractivity contribution in [1.29, 1.82) is 0 Å². The van der Waals surface area contributed by atoms with Gasteiger partial charge in [0.2, 0.25) is 15.3 Å². The van der Waals surface area contributed by atoms with Crippen LogP contribution in [0, 0.1) is 29.1 Å². The molecule has 0 spiro atoms. The van der Waals surface area contributed by atoms with Gasteiger partial charge in [0, 0.05) is 12.1 Å². The summed E-state index contributed by atoms with van der Waals surface area (Å²) in [6.07, 6.45) is -0.269. The fraction of sp³-hybridized carbons (Fsp3) is 0.417. The van der Waals surface area contributed by atoms with Crippen LogP contribution in [0.5, 0.6) is 0 Å². The number of alkyl halides is 3. The second kappa shape index (κ2) is 5.91. The van der Waals surface area contributed by atoms with Gasteiger partial charge in [0.25, 0.3) is 0 Å². The predicted molar refractivity (Wildman–Crippen MR) is 76.3 cm³/mol. The largest absolute Gasteiger partial charge is 0.365 e. The van der Waals surface area contributed by atoms with Crippen LogP contribution in [0.4, 0.5) is 27.6 Å². The second-order valence-corrected chi connectivity index (χ2v) is 7.02. The number of anilines is 1. The highest BCUT2D eigenvalue weighted by molar-refractivity contribution is 6.68. The smallest absolute Gasteiger partial charge is 0.239 e.